The van der Waals surface area contributed by atoms with Gasteiger partial charge in [0.05, 0.1) is 0 Å². The number of hydrogen-bond acceptors (Lipinski definition) is 0. The van der Waals surface area contributed by atoms with Crippen LogP contribution in [0.3, 0.4) is 0 Å². The zero-order valence-corrected chi connectivity index (χ0v) is 44.6. The quantitative estimate of drug-likeness (QED) is 0.0253. The van der Waals surface area contributed by atoms with E-state index in [1.54, 1.807) is 4.70 Å². The molecular weight excluding hydrogens is 855 g/mol. The Bertz CT molecular complexity index is 1800. The molecule has 1 aliphatic rings. The fourth-order valence-corrected chi connectivity index (χ4v) is 10.7. The van der Waals surface area contributed by atoms with Gasteiger partial charge in [-0.25, -0.2) is 4.70 Å². The minimum absolute atomic E-state index is 1.03. The molecule has 0 aromatic heterocycles. The molecule has 1 heterocycles. The molecule has 0 saturated carbocycles. The molecule has 0 saturated heterocycles. The molecule has 370 valence electrons. The second kappa shape index (κ2) is 34.7. The van der Waals surface area contributed by atoms with Crippen LogP contribution < -0.4 is 0 Å². The summed E-state index contributed by atoms with van der Waals surface area (Å²) in [5.41, 5.74) is 28.7. The van der Waals surface area contributed by atoms with E-state index in [1.807, 2.05) is 14.4 Å². The minimum atomic E-state index is 1.03. The van der Waals surface area contributed by atoms with Crippen LogP contribution in [0.25, 0.3) is 16.9 Å². The molecule has 0 unspecified atom stereocenters. The van der Waals surface area contributed by atoms with E-state index in [0.717, 1.165) is 75.6 Å². The van der Waals surface area contributed by atoms with Gasteiger partial charge in [0.25, 0.3) is 0 Å². The Balaban J connectivity index is 0.000000479. The molecule has 5 rings (SSSR count). The molecule has 0 atom stereocenters. The first-order valence-corrected chi connectivity index (χ1v) is 29.1. The van der Waals surface area contributed by atoms with E-state index in [-0.39, 0.29) is 0 Å². The van der Waals surface area contributed by atoms with Crippen molar-refractivity contribution in [2.75, 3.05) is 0 Å². The Morgan fingerprint density at radius 2 is 0.642 bits per heavy atom. The van der Waals surface area contributed by atoms with E-state index in [2.05, 4.69) is 139 Å². The summed E-state index contributed by atoms with van der Waals surface area (Å²) in [6.45, 7) is 13.8. The van der Waals surface area contributed by atoms with E-state index >= 15 is 0 Å². The number of unbranched alkanes of at least 4 members (excludes halogenated alkanes) is 14. The van der Waals surface area contributed by atoms with Crippen LogP contribution in [-0.2, 0) is 53.0 Å². The predicted octanol–water partition coefficient (Wildman–Crippen LogP) is 20.1. The summed E-state index contributed by atoms with van der Waals surface area (Å²) < 4.78 is 1.67. The summed E-state index contributed by atoms with van der Waals surface area (Å²) in [5.74, 6) is 0. The summed E-state index contributed by atoms with van der Waals surface area (Å²) in [5, 5.41) is 2.48. The Morgan fingerprint density at radius 1 is 0.328 bits per heavy atom. The van der Waals surface area contributed by atoms with Crippen molar-refractivity contribution in [1.29, 1.82) is 0 Å². The van der Waals surface area contributed by atoms with Crippen molar-refractivity contribution in [2.45, 2.75) is 232 Å². The van der Waals surface area contributed by atoms with Gasteiger partial charge in [0.1, 0.15) is 0 Å². The van der Waals surface area contributed by atoms with Gasteiger partial charge in [0.2, 0.25) is 11.4 Å². The van der Waals surface area contributed by atoms with Crippen LogP contribution >= 0.6 is 0 Å². The van der Waals surface area contributed by atoms with Gasteiger partial charge in [-0.1, -0.05) is 144 Å². The summed E-state index contributed by atoms with van der Waals surface area (Å²) in [4.78, 5) is 0. The average molecular weight is 950 g/mol. The van der Waals surface area contributed by atoms with Crippen molar-refractivity contribution < 1.29 is 19.1 Å². The van der Waals surface area contributed by atoms with Gasteiger partial charge in [-0.05, 0) is 124 Å². The van der Waals surface area contributed by atoms with E-state index < -0.39 is 0 Å². The third kappa shape index (κ3) is 20.9. The zero-order chi connectivity index (χ0) is 47.7. The van der Waals surface area contributed by atoms with Crippen LogP contribution in [0.1, 0.15) is 227 Å². The molecule has 0 amide bonds. The third-order valence-corrected chi connectivity index (χ3v) is 14.7. The molecule has 4 aromatic carbocycles. The van der Waals surface area contributed by atoms with Crippen LogP contribution in [0.15, 0.2) is 108 Å². The molecule has 2 nitrogen and oxygen atoms in total. The van der Waals surface area contributed by atoms with Crippen molar-refractivity contribution in [2.24, 2.45) is 0 Å². The first-order chi connectivity index (χ1) is 33.0. The SMILES string of the molecule is CCCCCCc1cc(CCCCCC)cc(C2=C(CCCC)C(CCCC)=C(c3cc(CCCCCC)cc(CCCCCC)c3)[N+]2=[N-])c1.c1ccc(C[CH2][Ni][CH2]Cc2ccccc2)cc1. The van der Waals surface area contributed by atoms with E-state index in [0.29, 0.717) is 0 Å². The average Bonchev–Trinajstić information content (AvgIpc) is 3.63. The second-order valence-electron chi connectivity index (χ2n) is 19.4. The van der Waals surface area contributed by atoms with Crippen molar-refractivity contribution >= 4 is 11.4 Å². The number of allylic oxidation sites excluding steroid dienone is 2. The van der Waals surface area contributed by atoms with E-state index in [4.69, 9.17) is 0 Å². The number of rotatable bonds is 34. The molecule has 0 fully saturated rings. The molecule has 3 heteroatoms. The monoisotopic (exact) mass is 949 g/mol. The first kappa shape index (κ1) is 56.0. The fraction of sp³-hybridized carbons (Fsp3) is 0.562. The maximum atomic E-state index is 12.6. The van der Waals surface area contributed by atoms with Crippen molar-refractivity contribution in [3.05, 3.63) is 158 Å². The molecule has 0 aliphatic carbocycles. The molecule has 4 aromatic rings. The summed E-state index contributed by atoms with van der Waals surface area (Å²) in [6.07, 6.45) is 34.1. The Labute approximate surface area is 418 Å². The van der Waals surface area contributed by atoms with Gasteiger partial charge >= 0.3 is 110 Å². The normalized spacial score (nSPS) is 12.7. The van der Waals surface area contributed by atoms with Crippen LogP contribution in [0.2, 0.25) is 10.8 Å². The van der Waals surface area contributed by atoms with Gasteiger partial charge < -0.3 is 5.53 Å². The topological polar surface area (TPSA) is 25.3 Å². The molecule has 0 N–H and O–H groups in total. The van der Waals surface area contributed by atoms with Gasteiger partial charge in [-0.15, -0.1) is 0 Å². The number of nitrogens with zero attached hydrogens (tertiary/aromatic N) is 2. The fourth-order valence-electron chi connectivity index (χ4n) is 9.55. The molecule has 0 bridgehead atoms. The summed E-state index contributed by atoms with van der Waals surface area (Å²) in [6, 6.07) is 36.2. The van der Waals surface area contributed by atoms with Crippen LogP contribution in [0, 0.1) is 0 Å². The Hall–Kier alpha value is -3.55. The van der Waals surface area contributed by atoms with Gasteiger partial charge in [0.15, 0.2) is 0 Å². The molecule has 0 radical (unpaired) electrons. The van der Waals surface area contributed by atoms with E-state index in [9.17, 15) is 5.53 Å². The van der Waals surface area contributed by atoms with Crippen LogP contribution in [0.4, 0.5) is 0 Å². The number of hydrogen-bond donors (Lipinski definition) is 0. The van der Waals surface area contributed by atoms with Crippen LogP contribution in [0.5, 0.6) is 0 Å². The number of aryl methyl sites for hydroxylation is 6. The molecular formula is C64H94N2Ni. The molecule has 0 spiro atoms. The summed E-state index contributed by atoms with van der Waals surface area (Å²) in [7, 11) is 0. The van der Waals surface area contributed by atoms with Gasteiger partial charge in [-0.3, -0.25) is 0 Å². The van der Waals surface area contributed by atoms with Crippen molar-refractivity contribution in [3.63, 3.8) is 0 Å². The van der Waals surface area contributed by atoms with E-state index in [1.165, 1.54) is 182 Å². The third-order valence-electron chi connectivity index (χ3n) is 13.5. The predicted molar refractivity (Wildman–Crippen MR) is 291 cm³/mol. The number of benzene rings is 4. The molecule has 67 heavy (non-hydrogen) atoms. The second-order valence-corrected chi connectivity index (χ2v) is 20.9. The van der Waals surface area contributed by atoms with Gasteiger partial charge in [0, 0.05) is 22.3 Å². The van der Waals surface area contributed by atoms with Gasteiger partial charge in [-0.2, -0.15) is 0 Å². The van der Waals surface area contributed by atoms with Crippen LogP contribution in [-0.4, -0.2) is 4.70 Å². The Kier molecular flexibility index (Phi) is 29.0. The standard InChI is InChI=1S/C48H76N2.2C8H9.Ni/c1-7-13-19-23-27-39-33-40(28-24-20-14-8-2)36-43(35-39)47-45(31-17-11-5)46(32-18-12-6)48(50(47)49)44-37-41(29-25-21-15-9-3)34-42(38-44)30-26-22-16-10-4;2*1-2-8-6-4-3-5-7-8;/h33-38H,7-32H2,1-6H3;2*3-7H,1-2H2;. The summed E-state index contributed by atoms with van der Waals surface area (Å²) >= 11 is 1.86. The zero-order valence-electron chi connectivity index (χ0n) is 43.7. The van der Waals surface area contributed by atoms with Crippen molar-refractivity contribution in [3.8, 4) is 0 Å². The maximum absolute atomic E-state index is 12.6. The Morgan fingerprint density at radius 3 is 0.940 bits per heavy atom. The first-order valence-electron chi connectivity index (χ1n) is 27.7. The van der Waals surface area contributed by atoms with Crippen molar-refractivity contribution in [1.82, 2.24) is 0 Å². The molecule has 1 aliphatic heterocycles.